The Morgan fingerprint density at radius 1 is 1.12 bits per heavy atom. The van der Waals surface area contributed by atoms with Crippen molar-refractivity contribution in [3.05, 3.63) is 34.6 Å². The van der Waals surface area contributed by atoms with Gasteiger partial charge in [-0.05, 0) is 32.9 Å². The van der Waals surface area contributed by atoms with Crippen molar-refractivity contribution in [2.45, 2.75) is 26.3 Å². The second-order valence-electron chi connectivity index (χ2n) is 6.54. The molecule has 0 amide bonds. The first kappa shape index (κ1) is 16.7. The third-order valence-electron chi connectivity index (χ3n) is 3.30. The number of hydrogen-bond donors (Lipinski definition) is 2. The molecule has 0 atom stereocenters. The lowest BCUT2D eigenvalue weighted by molar-refractivity contribution is -0.383. The Kier molecular flexibility index (Phi) is 4.30. The van der Waals surface area contributed by atoms with E-state index in [2.05, 4.69) is 20.6 Å². The van der Waals surface area contributed by atoms with Gasteiger partial charge >= 0.3 is 5.69 Å². The number of nitro groups is 1. The highest BCUT2D eigenvalue weighted by molar-refractivity contribution is 5.74. The molecule has 1 aromatic heterocycles. The van der Waals surface area contributed by atoms with Crippen molar-refractivity contribution in [1.82, 2.24) is 9.97 Å². The van der Waals surface area contributed by atoms with Gasteiger partial charge < -0.3 is 20.1 Å². The topological polar surface area (TPSA) is 111 Å². The fourth-order valence-corrected chi connectivity index (χ4v) is 2.35. The lowest BCUT2D eigenvalue weighted by Gasteiger charge is -2.21. The first-order chi connectivity index (χ1) is 11.8. The van der Waals surface area contributed by atoms with Crippen molar-refractivity contribution in [2.75, 3.05) is 23.8 Å². The van der Waals surface area contributed by atoms with Crippen LogP contribution in [0, 0.1) is 10.1 Å². The Bertz CT molecular complexity index is 804. The quantitative estimate of drug-likeness (QED) is 0.642. The highest BCUT2D eigenvalue weighted by Crippen LogP contribution is 2.36. The molecule has 0 radical (unpaired) electrons. The molecule has 2 heterocycles. The van der Waals surface area contributed by atoms with E-state index in [1.807, 2.05) is 20.8 Å². The average Bonchev–Trinajstić information content (AvgIpc) is 2.53. The molecular formula is C16H19N5O4. The van der Waals surface area contributed by atoms with Gasteiger partial charge in [0.05, 0.1) is 4.92 Å². The lowest BCUT2D eigenvalue weighted by Crippen LogP contribution is -2.27. The summed E-state index contributed by atoms with van der Waals surface area (Å²) < 4.78 is 11.0. The molecule has 2 N–H and O–H groups in total. The number of aromatic nitrogens is 2. The van der Waals surface area contributed by atoms with E-state index >= 15 is 0 Å². The number of hydrogen-bond acceptors (Lipinski definition) is 8. The standard InChI is InChI=1S/C16H19N5O4/c1-16(2,3)20-15-13(21(22)23)14(17-9-18-15)19-10-4-5-11-12(8-10)25-7-6-24-11/h4-5,8-9H,6-7H2,1-3H3,(H2,17,18,19,20). The second kappa shape index (κ2) is 6.42. The predicted octanol–water partition coefficient (Wildman–Crippen LogP) is 3.11. The summed E-state index contributed by atoms with van der Waals surface area (Å²) in [6.07, 6.45) is 1.28. The average molecular weight is 345 g/mol. The molecule has 9 heteroatoms. The maximum absolute atomic E-state index is 11.6. The molecule has 1 aliphatic rings. The molecule has 1 aromatic carbocycles. The van der Waals surface area contributed by atoms with E-state index in [1.165, 1.54) is 6.33 Å². The molecular weight excluding hydrogens is 326 g/mol. The molecule has 1 aliphatic heterocycles. The fraction of sp³-hybridized carbons (Fsp3) is 0.375. The van der Waals surface area contributed by atoms with Crippen molar-refractivity contribution < 1.29 is 14.4 Å². The fourth-order valence-electron chi connectivity index (χ4n) is 2.35. The predicted molar refractivity (Wildman–Crippen MR) is 92.8 cm³/mol. The molecule has 9 nitrogen and oxygen atoms in total. The van der Waals surface area contributed by atoms with Gasteiger partial charge in [-0.2, -0.15) is 0 Å². The van der Waals surface area contributed by atoms with Crippen molar-refractivity contribution in [2.24, 2.45) is 0 Å². The van der Waals surface area contributed by atoms with Crippen LogP contribution in [0.2, 0.25) is 0 Å². The summed E-state index contributed by atoms with van der Waals surface area (Å²) in [6.45, 7) is 6.65. The monoisotopic (exact) mass is 345 g/mol. The number of nitrogens with one attached hydrogen (secondary N) is 2. The largest absolute Gasteiger partial charge is 0.486 e. The van der Waals surface area contributed by atoms with Gasteiger partial charge in [-0.3, -0.25) is 10.1 Å². The summed E-state index contributed by atoms with van der Waals surface area (Å²) in [5, 5.41) is 17.5. The van der Waals surface area contributed by atoms with Gasteiger partial charge in [0.25, 0.3) is 0 Å². The van der Waals surface area contributed by atoms with Gasteiger partial charge in [0.1, 0.15) is 19.5 Å². The minimum absolute atomic E-state index is 0.100. The zero-order chi connectivity index (χ0) is 18.0. The van der Waals surface area contributed by atoms with E-state index < -0.39 is 4.92 Å². The van der Waals surface area contributed by atoms with Crippen molar-refractivity contribution >= 4 is 23.0 Å². The zero-order valence-corrected chi connectivity index (χ0v) is 14.2. The summed E-state index contributed by atoms with van der Waals surface area (Å²) in [7, 11) is 0. The second-order valence-corrected chi connectivity index (χ2v) is 6.54. The molecule has 0 saturated carbocycles. The molecule has 0 unspecified atom stereocenters. The third kappa shape index (κ3) is 3.87. The normalized spacial score (nSPS) is 13.2. The Balaban J connectivity index is 1.94. The Morgan fingerprint density at radius 3 is 2.48 bits per heavy atom. The molecule has 0 spiro atoms. The van der Waals surface area contributed by atoms with Crippen molar-refractivity contribution in [3.8, 4) is 11.5 Å². The van der Waals surface area contributed by atoms with Crippen molar-refractivity contribution in [3.63, 3.8) is 0 Å². The van der Waals surface area contributed by atoms with E-state index in [0.29, 0.717) is 30.4 Å². The van der Waals surface area contributed by atoms with Crippen LogP contribution in [0.15, 0.2) is 24.5 Å². The number of rotatable bonds is 4. The van der Waals surface area contributed by atoms with Gasteiger partial charge in [-0.1, -0.05) is 0 Å². The maximum atomic E-state index is 11.6. The van der Waals surface area contributed by atoms with Gasteiger partial charge in [-0.25, -0.2) is 9.97 Å². The van der Waals surface area contributed by atoms with Gasteiger partial charge in [0.15, 0.2) is 11.5 Å². The van der Waals surface area contributed by atoms with Crippen LogP contribution in [0.4, 0.5) is 23.0 Å². The smallest absolute Gasteiger partial charge is 0.353 e. The molecule has 132 valence electrons. The first-order valence-corrected chi connectivity index (χ1v) is 7.78. The molecule has 0 saturated heterocycles. The van der Waals surface area contributed by atoms with E-state index in [0.717, 1.165) is 0 Å². The van der Waals surface area contributed by atoms with Crippen LogP contribution in [0.25, 0.3) is 0 Å². The Morgan fingerprint density at radius 2 is 1.80 bits per heavy atom. The Labute approximate surface area is 144 Å². The minimum Gasteiger partial charge on any atom is -0.486 e. The van der Waals surface area contributed by atoms with Crippen LogP contribution in [0.3, 0.4) is 0 Å². The van der Waals surface area contributed by atoms with Gasteiger partial charge in [-0.15, -0.1) is 0 Å². The minimum atomic E-state index is -0.506. The summed E-state index contributed by atoms with van der Waals surface area (Å²) in [5.74, 6) is 1.49. The van der Waals surface area contributed by atoms with Gasteiger partial charge in [0.2, 0.25) is 11.6 Å². The first-order valence-electron chi connectivity index (χ1n) is 7.78. The highest BCUT2D eigenvalue weighted by atomic mass is 16.6. The summed E-state index contributed by atoms with van der Waals surface area (Å²) in [6, 6.07) is 5.21. The van der Waals surface area contributed by atoms with E-state index in [-0.39, 0.29) is 22.9 Å². The summed E-state index contributed by atoms with van der Waals surface area (Å²) >= 11 is 0. The number of ether oxygens (including phenoxy) is 2. The molecule has 2 aromatic rings. The molecule has 0 fully saturated rings. The van der Waals surface area contributed by atoms with Crippen LogP contribution in [0.5, 0.6) is 11.5 Å². The number of benzene rings is 1. The van der Waals surface area contributed by atoms with Crippen LogP contribution >= 0.6 is 0 Å². The van der Waals surface area contributed by atoms with Crippen LogP contribution in [-0.2, 0) is 0 Å². The summed E-state index contributed by atoms with van der Waals surface area (Å²) in [4.78, 5) is 19.1. The summed E-state index contributed by atoms with van der Waals surface area (Å²) in [5.41, 5.74) is 0.00739. The molecule has 0 aliphatic carbocycles. The van der Waals surface area contributed by atoms with Crippen LogP contribution in [-0.4, -0.2) is 33.6 Å². The van der Waals surface area contributed by atoms with E-state index in [1.54, 1.807) is 18.2 Å². The molecule has 0 bridgehead atoms. The third-order valence-corrected chi connectivity index (χ3v) is 3.30. The molecule has 3 rings (SSSR count). The number of nitrogens with zero attached hydrogens (tertiary/aromatic N) is 3. The Hall–Kier alpha value is -3.10. The van der Waals surface area contributed by atoms with Gasteiger partial charge in [0, 0.05) is 17.3 Å². The maximum Gasteiger partial charge on any atom is 0.353 e. The van der Waals surface area contributed by atoms with E-state index in [9.17, 15) is 10.1 Å². The zero-order valence-electron chi connectivity index (χ0n) is 14.2. The van der Waals surface area contributed by atoms with E-state index in [4.69, 9.17) is 9.47 Å². The van der Waals surface area contributed by atoms with Crippen LogP contribution < -0.4 is 20.1 Å². The number of anilines is 3. The number of fused-ring (bicyclic) bond motifs is 1. The SMILES string of the molecule is CC(C)(C)Nc1ncnc(Nc2ccc3c(c2)OCCO3)c1[N+](=O)[O-]. The highest BCUT2D eigenvalue weighted by Gasteiger charge is 2.26. The molecule has 25 heavy (non-hydrogen) atoms. The van der Waals surface area contributed by atoms with Crippen LogP contribution in [0.1, 0.15) is 20.8 Å². The lowest BCUT2D eigenvalue weighted by atomic mass is 10.1. The van der Waals surface area contributed by atoms with Crippen molar-refractivity contribution in [1.29, 1.82) is 0 Å².